The smallest absolute Gasteiger partial charge is 0.363 e. The van der Waals surface area contributed by atoms with Crippen LogP contribution in [0.15, 0.2) is 45.8 Å². The summed E-state index contributed by atoms with van der Waals surface area (Å²) in [5, 5.41) is 0.258. The van der Waals surface area contributed by atoms with E-state index in [2.05, 4.69) is 24.0 Å². The van der Waals surface area contributed by atoms with Gasteiger partial charge in [-0.05, 0) is 36.6 Å². The Kier molecular flexibility index (Phi) is 7.37. The lowest BCUT2D eigenvalue weighted by Crippen LogP contribution is -2.11. The van der Waals surface area contributed by atoms with Crippen molar-refractivity contribution in [1.82, 2.24) is 4.98 Å². The minimum Gasteiger partial charge on any atom is -0.485 e. The molecule has 2 aromatic heterocycles. The van der Waals surface area contributed by atoms with Gasteiger partial charge in [0.1, 0.15) is 5.75 Å². The van der Waals surface area contributed by atoms with E-state index < -0.39 is 5.63 Å². The van der Waals surface area contributed by atoms with Gasteiger partial charge in [0.2, 0.25) is 5.78 Å². The Balaban J connectivity index is 1.47. The summed E-state index contributed by atoms with van der Waals surface area (Å²) >= 11 is 1.17. The number of hydrogen-bond donors (Lipinski definition) is 0. The first-order valence-corrected chi connectivity index (χ1v) is 10.6. The minimum absolute atomic E-state index is 0.109. The quantitative estimate of drug-likeness (QED) is 0.318. The highest BCUT2D eigenvalue weighted by atomic mass is 32.1. The summed E-state index contributed by atoms with van der Waals surface area (Å²) in [6, 6.07) is 9.53. The van der Waals surface area contributed by atoms with Crippen molar-refractivity contribution in [2.24, 2.45) is 0 Å². The molecular formula is C22H25NO4S. The molecule has 0 aliphatic carbocycles. The van der Waals surface area contributed by atoms with Crippen LogP contribution in [0.3, 0.4) is 0 Å². The highest BCUT2D eigenvalue weighted by molar-refractivity contribution is 7.20. The molecule has 0 aliphatic heterocycles. The number of Topliss-reactive ketones (excluding diaryl/α,β-unsaturated/α-hetero) is 1. The minimum atomic E-state index is -0.533. The van der Waals surface area contributed by atoms with Crippen LogP contribution in [0.5, 0.6) is 5.75 Å². The van der Waals surface area contributed by atoms with Crippen LogP contribution in [-0.4, -0.2) is 17.4 Å². The summed E-state index contributed by atoms with van der Waals surface area (Å²) in [7, 11) is 0. The maximum atomic E-state index is 12.3. The molecule has 28 heavy (non-hydrogen) atoms. The van der Waals surface area contributed by atoms with Crippen LogP contribution in [0, 0.1) is 0 Å². The second-order valence-electron chi connectivity index (χ2n) is 6.81. The van der Waals surface area contributed by atoms with Gasteiger partial charge < -0.3 is 9.15 Å². The van der Waals surface area contributed by atoms with E-state index in [4.69, 9.17) is 9.15 Å². The maximum Gasteiger partial charge on any atom is 0.363 e. The standard InChI is InChI=1S/C22H25NO4S/c1-2-3-4-5-6-7-8-16-9-11-17(12-10-16)27-15-18(24)21-23-20-19(28-21)13-14-26-22(20)25/h9-14H,2-8,15H2,1H3. The molecule has 0 saturated heterocycles. The number of nitrogens with zero attached hydrogens (tertiary/aromatic N) is 1. The van der Waals surface area contributed by atoms with Gasteiger partial charge in [-0.15, -0.1) is 11.3 Å². The molecule has 0 N–H and O–H groups in total. The van der Waals surface area contributed by atoms with Crippen LogP contribution in [0.1, 0.15) is 60.8 Å². The molecule has 3 rings (SSSR count). The number of hydrogen-bond acceptors (Lipinski definition) is 6. The monoisotopic (exact) mass is 399 g/mol. The number of ether oxygens (including phenoxy) is 1. The van der Waals surface area contributed by atoms with Gasteiger partial charge in [0, 0.05) is 0 Å². The summed E-state index contributed by atoms with van der Waals surface area (Å²) in [6.45, 7) is 2.12. The summed E-state index contributed by atoms with van der Waals surface area (Å²) in [6.07, 6.45) is 10.1. The summed E-state index contributed by atoms with van der Waals surface area (Å²) < 4.78 is 11.0. The number of ketones is 1. The SMILES string of the molecule is CCCCCCCCc1ccc(OCC(=O)c2nc3c(=O)occc3s2)cc1. The topological polar surface area (TPSA) is 69.4 Å². The first-order chi connectivity index (χ1) is 13.7. The summed E-state index contributed by atoms with van der Waals surface area (Å²) in [5.74, 6) is 0.400. The molecule has 2 heterocycles. The van der Waals surface area contributed by atoms with Crippen LogP contribution in [0.2, 0.25) is 0 Å². The molecule has 0 aliphatic rings. The molecule has 3 aromatic rings. The van der Waals surface area contributed by atoms with Crippen LogP contribution in [0.25, 0.3) is 10.2 Å². The molecule has 1 aromatic carbocycles. The second-order valence-corrected chi connectivity index (χ2v) is 7.84. The highest BCUT2D eigenvalue weighted by Crippen LogP contribution is 2.20. The molecular weight excluding hydrogens is 374 g/mol. The van der Waals surface area contributed by atoms with Crippen molar-refractivity contribution in [2.45, 2.75) is 51.9 Å². The van der Waals surface area contributed by atoms with Crippen molar-refractivity contribution < 1.29 is 13.9 Å². The molecule has 0 bridgehead atoms. The number of aromatic nitrogens is 1. The third-order valence-electron chi connectivity index (χ3n) is 4.59. The zero-order valence-electron chi connectivity index (χ0n) is 16.1. The number of fused-ring (bicyclic) bond motifs is 1. The van der Waals surface area contributed by atoms with E-state index in [9.17, 15) is 9.59 Å². The Bertz CT molecular complexity index is 959. The first-order valence-electron chi connectivity index (χ1n) is 9.80. The third-order valence-corrected chi connectivity index (χ3v) is 5.65. The molecule has 0 saturated carbocycles. The average Bonchev–Trinajstić information content (AvgIpc) is 3.16. The van der Waals surface area contributed by atoms with Crippen molar-refractivity contribution >= 4 is 27.3 Å². The lowest BCUT2D eigenvalue weighted by molar-refractivity contribution is 0.0921. The van der Waals surface area contributed by atoms with Gasteiger partial charge in [0.25, 0.3) is 0 Å². The predicted octanol–water partition coefficient (Wildman–Crippen LogP) is 5.41. The highest BCUT2D eigenvalue weighted by Gasteiger charge is 2.15. The molecule has 148 valence electrons. The Morgan fingerprint density at radius 1 is 1.07 bits per heavy atom. The number of carbonyl (C=O) groups excluding carboxylic acids is 1. The third kappa shape index (κ3) is 5.52. The Morgan fingerprint density at radius 2 is 1.82 bits per heavy atom. The molecule has 0 radical (unpaired) electrons. The van der Waals surface area contributed by atoms with Gasteiger partial charge in [-0.2, -0.15) is 0 Å². The Labute approximate surface area is 168 Å². The van der Waals surface area contributed by atoms with E-state index in [-0.39, 0.29) is 22.9 Å². The number of thiazole rings is 1. The van der Waals surface area contributed by atoms with Gasteiger partial charge in [-0.1, -0.05) is 51.2 Å². The second kappa shape index (κ2) is 10.2. The number of unbranched alkanes of at least 4 members (excludes halogenated alkanes) is 5. The average molecular weight is 400 g/mol. The van der Waals surface area contributed by atoms with Gasteiger partial charge >= 0.3 is 5.63 Å². The maximum absolute atomic E-state index is 12.3. The lowest BCUT2D eigenvalue weighted by atomic mass is 10.0. The molecule has 5 nitrogen and oxygen atoms in total. The Morgan fingerprint density at radius 3 is 2.57 bits per heavy atom. The van der Waals surface area contributed by atoms with E-state index in [1.54, 1.807) is 6.07 Å². The van der Waals surface area contributed by atoms with Crippen LogP contribution in [-0.2, 0) is 6.42 Å². The molecule has 0 atom stereocenters. The molecule has 0 unspecified atom stereocenters. The zero-order chi connectivity index (χ0) is 19.8. The molecule has 6 heteroatoms. The number of carbonyl (C=O) groups is 1. The number of benzene rings is 1. The van der Waals surface area contributed by atoms with Gasteiger partial charge in [0.05, 0.1) is 11.0 Å². The van der Waals surface area contributed by atoms with Crippen molar-refractivity contribution in [3.8, 4) is 5.75 Å². The van der Waals surface area contributed by atoms with Gasteiger partial charge in [0.15, 0.2) is 17.1 Å². The van der Waals surface area contributed by atoms with Crippen molar-refractivity contribution in [3.63, 3.8) is 0 Å². The van der Waals surface area contributed by atoms with E-state index in [0.29, 0.717) is 10.4 Å². The fourth-order valence-electron chi connectivity index (χ4n) is 3.00. The predicted molar refractivity (Wildman–Crippen MR) is 112 cm³/mol. The van der Waals surface area contributed by atoms with Crippen LogP contribution >= 0.6 is 11.3 Å². The zero-order valence-corrected chi connectivity index (χ0v) is 16.9. The number of aryl methyl sites for hydroxylation is 1. The fourth-order valence-corrected chi connectivity index (χ4v) is 3.86. The van der Waals surface area contributed by atoms with E-state index in [0.717, 1.165) is 6.42 Å². The van der Waals surface area contributed by atoms with Gasteiger partial charge in [-0.25, -0.2) is 9.78 Å². The number of rotatable bonds is 11. The van der Waals surface area contributed by atoms with Gasteiger partial charge in [-0.3, -0.25) is 4.79 Å². The van der Waals surface area contributed by atoms with E-state index in [1.807, 2.05) is 12.1 Å². The van der Waals surface area contributed by atoms with Crippen LogP contribution in [0.4, 0.5) is 0 Å². The lowest BCUT2D eigenvalue weighted by Gasteiger charge is -2.06. The fraction of sp³-hybridized carbons (Fsp3) is 0.409. The molecule has 0 fully saturated rings. The first kappa shape index (κ1) is 20.3. The van der Waals surface area contributed by atoms with Crippen LogP contribution < -0.4 is 10.4 Å². The summed E-state index contributed by atoms with van der Waals surface area (Å²) in [5.41, 5.74) is 0.941. The van der Waals surface area contributed by atoms with E-state index in [1.165, 1.54) is 61.7 Å². The summed E-state index contributed by atoms with van der Waals surface area (Å²) in [4.78, 5) is 28.0. The Hall–Kier alpha value is -2.47. The molecule has 0 amide bonds. The van der Waals surface area contributed by atoms with Crippen molar-refractivity contribution in [1.29, 1.82) is 0 Å². The van der Waals surface area contributed by atoms with Crippen molar-refractivity contribution in [3.05, 3.63) is 57.6 Å². The van der Waals surface area contributed by atoms with E-state index >= 15 is 0 Å². The molecule has 0 spiro atoms. The van der Waals surface area contributed by atoms with Crippen molar-refractivity contribution in [2.75, 3.05) is 6.61 Å². The largest absolute Gasteiger partial charge is 0.485 e. The normalized spacial score (nSPS) is 11.0.